The lowest BCUT2D eigenvalue weighted by molar-refractivity contribution is -0.132. The fourth-order valence-corrected chi connectivity index (χ4v) is 0.999. The summed E-state index contributed by atoms with van der Waals surface area (Å²) >= 11 is 0. The average Bonchev–Trinajstić information content (AvgIpc) is 2.26. The van der Waals surface area contributed by atoms with Crippen molar-refractivity contribution in [3.05, 3.63) is 36.5 Å². The number of carboxylic acids is 1. The first kappa shape index (κ1) is 14.6. The molecule has 0 amide bonds. The molecule has 90 valence electrons. The number of unbranched alkanes of at least 4 members (excludes halogenated alkanes) is 1. The van der Waals surface area contributed by atoms with E-state index in [0.717, 1.165) is 12.8 Å². The van der Waals surface area contributed by atoms with Gasteiger partial charge in [-0.2, -0.15) is 0 Å². The molecule has 0 heterocycles. The second kappa shape index (κ2) is 10.2. The summed E-state index contributed by atoms with van der Waals surface area (Å²) in [6.07, 6.45) is 10.6. The fourth-order valence-electron chi connectivity index (χ4n) is 0.999. The van der Waals surface area contributed by atoms with Gasteiger partial charge in [0.25, 0.3) is 0 Å². The van der Waals surface area contributed by atoms with Gasteiger partial charge in [-0.3, -0.25) is 0 Å². The first-order chi connectivity index (χ1) is 7.68. The van der Waals surface area contributed by atoms with E-state index < -0.39 is 5.97 Å². The monoisotopic (exact) mass is 224 g/mol. The smallest absolute Gasteiger partial charge is 0.331 e. The van der Waals surface area contributed by atoms with Gasteiger partial charge < -0.3 is 9.84 Å². The van der Waals surface area contributed by atoms with Crippen LogP contribution in [0.5, 0.6) is 0 Å². The highest BCUT2D eigenvalue weighted by Crippen LogP contribution is 1.98. The van der Waals surface area contributed by atoms with Gasteiger partial charge in [-0.15, -0.1) is 0 Å². The minimum atomic E-state index is -0.953. The molecule has 1 N–H and O–H groups in total. The van der Waals surface area contributed by atoms with Crippen LogP contribution in [0.3, 0.4) is 0 Å². The van der Waals surface area contributed by atoms with Crippen LogP contribution < -0.4 is 0 Å². The molecule has 0 aromatic heterocycles. The Morgan fingerprint density at radius 1 is 1.31 bits per heavy atom. The third kappa shape index (κ3) is 9.21. The lowest BCUT2D eigenvalue weighted by Gasteiger charge is -2.00. The van der Waals surface area contributed by atoms with Crippen molar-refractivity contribution >= 4 is 5.97 Å². The number of ether oxygens (including phenoxy) is 1. The largest absolute Gasteiger partial charge is 0.478 e. The molecule has 0 unspecified atom stereocenters. The Kier molecular flexibility index (Phi) is 9.32. The zero-order valence-electron chi connectivity index (χ0n) is 9.82. The molecule has 0 saturated heterocycles. The van der Waals surface area contributed by atoms with E-state index in [-0.39, 0.29) is 5.57 Å². The van der Waals surface area contributed by atoms with Crippen LogP contribution in [-0.4, -0.2) is 24.3 Å². The summed E-state index contributed by atoms with van der Waals surface area (Å²) in [6.45, 7) is 6.36. The fraction of sp³-hybridized carbons (Fsp3) is 0.462. The topological polar surface area (TPSA) is 46.5 Å². The SMILES string of the molecule is C=C(CCOCC=CCCC=CC)C(=O)O. The Hall–Kier alpha value is -1.35. The molecule has 0 rings (SSSR count). The van der Waals surface area contributed by atoms with Gasteiger partial charge in [0, 0.05) is 12.0 Å². The molecule has 0 aliphatic carbocycles. The predicted molar refractivity (Wildman–Crippen MR) is 65.4 cm³/mol. The average molecular weight is 224 g/mol. The number of aliphatic carboxylic acids is 1. The van der Waals surface area contributed by atoms with Crippen molar-refractivity contribution in [2.45, 2.75) is 26.2 Å². The molecule has 3 nitrogen and oxygen atoms in total. The van der Waals surface area contributed by atoms with Crippen molar-refractivity contribution in [3.63, 3.8) is 0 Å². The minimum Gasteiger partial charge on any atom is -0.478 e. The van der Waals surface area contributed by atoms with Gasteiger partial charge in [0.1, 0.15) is 0 Å². The summed E-state index contributed by atoms with van der Waals surface area (Å²) in [6, 6.07) is 0. The third-order valence-electron chi connectivity index (χ3n) is 1.97. The summed E-state index contributed by atoms with van der Waals surface area (Å²) in [4.78, 5) is 10.4. The van der Waals surface area contributed by atoms with Crippen molar-refractivity contribution in [3.8, 4) is 0 Å². The number of carbonyl (C=O) groups is 1. The number of hydrogen-bond acceptors (Lipinski definition) is 2. The lowest BCUT2D eigenvalue weighted by Crippen LogP contribution is -2.03. The van der Waals surface area contributed by atoms with Crippen LogP contribution in [0.1, 0.15) is 26.2 Å². The van der Waals surface area contributed by atoms with E-state index in [1.807, 2.05) is 19.1 Å². The van der Waals surface area contributed by atoms with Gasteiger partial charge in [0.05, 0.1) is 13.2 Å². The van der Waals surface area contributed by atoms with Crippen LogP contribution in [0.2, 0.25) is 0 Å². The summed E-state index contributed by atoms with van der Waals surface area (Å²) < 4.78 is 5.23. The standard InChI is InChI=1S/C13H20O3/c1-3-4-5-6-7-8-10-16-11-9-12(2)13(14)15/h3-4,7-8H,2,5-6,9-11H2,1H3,(H,14,15). The van der Waals surface area contributed by atoms with Gasteiger partial charge in [-0.25, -0.2) is 4.79 Å². The van der Waals surface area contributed by atoms with Gasteiger partial charge in [-0.05, 0) is 19.8 Å². The molecule has 0 atom stereocenters. The van der Waals surface area contributed by atoms with Crippen LogP contribution in [0.4, 0.5) is 0 Å². The first-order valence-electron chi connectivity index (χ1n) is 5.43. The molecule has 16 heavy (non-hydrogen) atoms. The Labute approximate surface area is 97.1 Å². The van der Waals surface area contributed by atoms with E-state index in [0.29, 0.717) is 19.6 Å². The molecule has 0 fully saturated rings. The normalized spacial score (nSPS) is 11.3. The summed E-state index contributed by atoms with van der Waals surface area (Å²) in [5.41, 5.74) is 0.192. The highest BCUT2D eigenvalue weighted by Gasteiger charge is 2.01. The number of allylic oxidation sites excluding steroid dienone is 3. The van der Waals surface area contributed by atoms with E-state index in [2.05, 4.69) is 18.7 Å². The van der Waals surface area contributed by atoms with Crippen molar-refractivity contribution in [1.82, 2.24) is 0 Å². The van der Waals surface area contributed by atoms with Crippen molar-refractivity contribution in [2.24, 2.45) is 0 Å². The van der Waals surface area contributed by atoms with Crippen LogP contribution in [0.15, 0.2) is 36.5 Å². The molecule has 0 aromatic carbocycles. The Morgan fingerprint density at radius 2 is 2.00 bits per heavy atom. The minimum absolute atomic E-state index is 0.192. The summed E-state index contributed by atoms with van der Waals surface area (Å²) in [5.74, 6) is -0.953. The zero-order chi connectivity index (χ0) is 12.2. The Morgan fingerprint density at radius 3 is 2.62 bits per heavy atom. The zero-order valence-corrected chi connectivity index (χ0v) is 9.82. The summed E-state index contributed by atoms with van der Waals surface area (Å²) in [5, 5.41) is 8.53. The highest BCUT2D eigenvalue weighted by molar-refractivity contribution is 5.85. The number of carboxylic acid groups (broad SMARTS) is 1. The maximum atomic E-state index is 10.4. The maximum Gasteiger partial charge on any atom is 0.331 e. The second-order valence-electron chi connectivity index (χ2n) is 3.35. The van der Waals surface area contributed by atoms with Gasteiger partial charge in [-0.1, -0.05) is 30.9 Å². The third-order valence-corrected chi connectivity index (χ3v) is 1.97. The molecule has 0 spiro atoms. The van der Waals surface area contributed by atoms with Crippen LogP contribution in [0, 0.1) is 0 Å². The van der Waals surface area contributed by atoms with Gasteiger partial charge >= 0.3 is 5.97 Å². The summed E-state index contributed by atoms with van der Waals surface area (Å²) in [7, 11) is 0. The van der Waals surface area contributed by atoms with E-state index in [1.54, 1.807) is 0 Å². The van der Waals surface area contributed by atoms with Crippen LogP contribution in [-0.2, 0) is 9.53 Å². The molecule has 0 aliphatic heterocycles. The number of rotatable bonds is 9. The second-order valence-corrected chi connectivity index (χ2v) is 3.35. The molecule has 3 heteroatoms. The van der Waals surface area contributed by atoms with E-state index in [1.165, 1.54) is 0 Å². The molecule has 0 aliphatic rings. The predicted octanol–water partition coefficient (Wildman–Crippen LogP) is 2.95. The van der Waals surface area contributed by atoms with E-state index in [4.69, 9.17) is 9.84 Å². The van der Waals surface area contributed by atoms with Gasteiger partial charge in [0.15, 0.2) is 0 Å². The number of hydrogen-bond donors (Lipinski definition) is 1. The van der Waals surface area contributed by atoms with Crippen molar-refractivity contribution in [2.75, 3.05) is 13.2 Å². The molecular weight excluding hydrogens is 204 g/mol. The Balaban J connectivity index is 3.33. The van der Waals surface area contributed by atoms with E-state index >= 15 is 0 Å². The highest BCUT2D eigenvalue weighted by atomic mass is 16.5. The van der Waals surface area contributed by atoms with Crippen LogP contribution in [0.25, 0.3) is 0 Å². The molecule has 0 saturated carbocycles. The van der Waals surface area contributed by atoms with E-state index in [9.17, 15) is 4.79 Å². The quantitative estimate of drug-likeness (QED) is 0.372. The maximum absolute atomic E-state index is 10.4. The van der Waals surface area contributed by atoms with Crippen LogP contribution >= 0.6 is 0 Å². The van der Waals surface area contributed by atoms with Gasteiger partial charge in [0.2, 0.25) is 0 Å². The van der Waals surface area contributed by atoms with Crippen molar-refractivity contribution < 1.29 is 14.6 Å². The molecular formula is C13H20O3. The first-order valence-corrected chi connectivity index (χ1v) is 5.43. The molecule has 0 aromatic rings. The lowest BCUT2D eigenvalue weighted by atomic mass is 10.2. The molecule has 0 radical (unpaired) electrons. The van der Waals surface area contributed by atoms with Crippen molar-refractivity contribution in [1.29, 1.82) is 0 Å². The molecule has 0 bridgehead atoms. The Bertz CT molecular complexity index is 264.